The zero-order valence-corrected chi connectivity index (χ0v) is 26.7. The second-order valence-corrected chi connectivity index (χ2v) is 12.2. The van der Waals surface area contributed by atoms with E-state index in [0.717, 1.165) is 52.1 Å². The number of aromatic nitrogens is 1. The molecular weight excluding hydrogens is 622 g/mol. The number of halogens is 2. The van der Waals surface area contributed by atoms with Crippen molar-refractivity contribution in [3.05, 3.63) is 78.5 Å². The molecule has 6 rings (SSSR count). The maximum absolute atomic E-state index is 15.2. The summed E-state index contributed by atoms with van der Waals surface area (Å²) in [4.78, 5) is 32.2. The van der Waals surface area contributed by atoms with Crippen LogP contribution in [0, 0.1) is 17.0 Å². The highest BCUT2D eigenvalue weighted by Gasteiger charge is 2.45. The van der Waals surface area contributed by atoms with Crippen LogP contribution in [0.4, 0.5) is 20.2 Å². The molecule has 1 aliphatic heterocycles. The number of carbonyl (C=O) groups is 2. The number of methoxy groups -OCH3 is 1. The molecule has 2 amide bonds. The Morgan fingerprint density at radius 3 is 2.27 bits per heavy atom. The van der Waals surface area contributed by atoms with E-state index in [1.54, 1.807) is 37.6 Å². The number of anilines is 2. The minimum Gasteiger partial charge on any atom is -0.493 e. The lowest BCUT2D eigenvalue weighted by molar-refractivity contribution is -0.119. The monoisotopic (exact) mass is 660 g/mol. The molecule has 48 heavy (non-hydrogen) atoms. The van der Waals surface area contributed by atoms with Crippen molar-refractivity contribution in [2.45, 2.75) is 32.1 Å². The average molecular weight is 661 g/mol. The third-order valence-corrected chi connectivity index (χ3v) is 8.56. The van der Waals surface area contributed by atoms with Gasteiger partial charge in [0.25, 0.3) is 0 Å². The van der Waals surface area contributed by atoms with Crippen molar-refractivity contribution >= 4 is 34.1 Å². The zero-order chi connectivity index (χ0) is 33.5. The summed E-state index contributed by atoms with van der Waals surface area (Å²) in [6.45, 7) is 4.79. The molecule has 252 valence electrons. The van der Waals surface area contributed by atoms with E-state index in [1.165, 1.54) is 36.4 Å². The third kappa shape index (κ3) is 8.55. The van der Waals surface area contributed by atoms with E-state index in [-0.39, 0.29) is 36.1 Å². The molecule has 0 atom stereocenters. The smallest absolute Gasteiger partial charge is 0.224 e. The minimum absolute atomic E-state index is 0.0287. The molecule has 2 aliphatic rings. The molecule has 3 aromatic carbocycles. The molecule has 1 saturated heterocycles. The standard InChI is InChI=1S/C36H38F2N4O6/c1-45-32-20-27-29(21-33(32)47-16-2-13-42-14-17-46-18-15-42)39-12-9-30(27)48-31-8-7-26(19-28(31)38)41-35(44)23-36(10-11-36)22-34(43)40-25-5-3-24(37)4-6-25/h3-9,12,19-21H,2,10-11,13-18,22-23H2,1H3,(H,40,43)(H,41,44). The van der Waals surface area contributed by atoms with Crippen LogP contribution in [0.3, 0.4) is 0 Å². The maximum Gasteiger partial charge on any atom is 0.224 e. The van der Waals surface area contributed by atoms with E-state index in [4.69, 9.17) is 18.9 Å². The molecule has 2 fully saturated rings. The number of morpholine rings is 1. The van der Waals surface area contributed by atoms with Gasteiger partial charge in [-0.2, -0.15) is 0 Å². The number of ether oxygens (including phenoxy) is 4. The lowest BCUT2D eigenvalue weighted by atomic mass is 9.97. The molecule has 1 aliphatic carbocycles. The highest BCUT2D eigenvalue weighted by molar-refractivity contribution is 5.94. The summed E-state index contributed by atoms with van der Waals surface area (Å²) >= 11 is 0. The molecule has 0 radical (unpaired) electrons. The summed E-state index contributed by atoms with van der Waals surface area (Å²) in [5, 5.41) is 6.09. The Labute approximate surface area is 277 Å². The first-order valence-corrected chi connectivity index (χ1v) is 16.0. The molecule has 0 unspecified atom stereocenters. The van der Waals surface area contributed by atoms with Gasteiger partial charge in [-0.05, 0) is 73.2 Å². The Morgan fingerprint density at radius 1 is 0.875 bits per heavy atom. The van der Waals surface area contributed by atoms with Crippen LogP contribution in [-0.4, -0.2) is 68.3 Å². The van der Waals surface area contributed by atoms with Crippen molar-refractivity contribution < 1.29 is 37.3 Å². The van der Waals surface area contributed by atoms with Crippen molar-refractivity contribution in [1.29, 1.82) is 0 Å². The second-order valence-electron chi connectivity index (χ2n) is 12.2. The molecule has 2 N–H and O–H groups in total. The number of hydrogen-bond acceptors (Lipinski definition) is 8. The fourth-order valence-corrected chi connectivity index (χ4v) is 5.78. The SMILES string of the molecule is COc1cc2c(Oc3ccc(NC(=O)CC4(CC(=O)Nc5ccc(F)cc5)CC4)cc3F)ccnc2cc1OCCCN1CCOCC1. The summed E-state index contributed by atoms with van der Waals surface area (Å²) in [5.41, 5.74) is 0.907. The molecule has 12 heteroatoms. The lowest BCUT2D eigenvalue weighted by Crippen LogP contribution is -2.37. The Bertz CT molecular complexity index is 1760. The second kappa shape index (κ2) is 15.0. The van der Waals surface area contributed by atoms with Gasteiger partial charge in [-0.1, -0.05) is 0 Å². The first-order chi connectivity index (χ1) is 23.3. The summed E-state index contributed by atoms with van der Waals surface area (Å²) in [5.74, 6) is -0.204. The van der Waals surface area contributed by atoms with Gasteiger partial charge >= 0.3 is 0 Å². The van der Waals surface area contributed by atoms with Gasteiger partial charge < -0.3 is 29.6 Å². The van der Waals surface area contributed by atoms with Crippen LogP contribution in [0.1, 0.15) is 32.1 Å². The normalized spacial score (nSPS) is 15.5. The van der Waals surface area contributed by atoms with Crippen LogP contribution < -0.4 is 24.8 Å². The largest absolute Gasteiger partial charge is 0.493 e. The number of rotatable bonds is 14. The molecule has 1 aromatic heterocycles. The molecule has 1 saturated carbocycles. The number of hydrogen-bond donors (Lipinski definition) is 2. The molecule has 4 aromatic rings. The molecular formula is C36H38F2N4O6. The summed E-state index contributed by atoms with van der Waals surface area (Å²) in [7, 11) is 1.55. The van der Waals surface area contributed by atoms with Crippen molar-refractivity contribution in [3.8, 4) is 23.0 Å². The van der Waals surface area contributed by atoms with Crippen LogP contribution >= 0.6 is 0 Å². The van der Waals surface area contributed by atoms with Gasteiger partial charge in [0.15, 0.2) is 23.1 Å². The highest BCUT2D eigenvalue weighted by Crippen LogP contribution is 2.52. The zero-order valence-electron chi connectivity index (χ0n) is 26.7. The van der Waals surface area contributed by atoms with E-state index in [9.17, 15) is 14.0 Å². The van der Waals surface area contributed by atoms with Crippen LogP contribution in [-0.2, 0) is 14.3 Å². The van der Waals surface area contributed by atoms with E-state index in [1.807, 2.05) is 0 Å². The predicted octanol–water partition coefficient (Wildman–Crippen LogP) is 6.55. The molecule has 0 spiro atoms. The van der Waals surface area contributed by atoms with E-state index in [2.05, 4.69) is 20.5 Å². The highest BCUT2D eigenvalue weighted by atomic mass is 19.1. The van der Waals surface area contributed by atoms with Crippen LogP contribution in [0.15, 0.2) is 66.9 Å². The Morgan fingerprint density at radius 2 is 1.58 bits per heavy atom. The predicted molar refractivity (Wildman–Crippen MR) is 177 cm³/mol. The third-order valence-electron chi connectivity index (χ3n) is 8.56. The first-order valence-electron chi connectivity index (χ1n) is 16.0. The Balaban J connectivity index is 1.04. The number of nitrogens with zero attached hydrogens (tertiary/aromatic N) is 2. The van der Waals surface area contributed by atoms with Gasteiger partial charge in [0.05, 0.1) is 32.4 Å². The summed E-state index contributed by atoms with van der Waals surface area (Å²) in [6.07, 6.45) is 4.16. The number of carbonyl (C=O) groups excluding carboxylic acids is 2. The van der Waals surface area contributed by atoms with Gasteiger partial charge in [-0.25, -0.2) is 8.78 Å². The maximum atomic E-state index is 15.2. The summed E-state index contributed by atoms with van der Waals surface area (Å²) in [6, 6.07) is 14.9. The van der Waals surface area contributed by atoms with Crippen LogP contribution in [0.25, 0.3) is 10.9 Å². The van der Waals surface area contributed by atoms with Gasteiger partial charge in [0.1, 0.15) is 11.6 Å². The Kier molecular flexibility index (Phi) is 10.3. The first kappa shape index (κ1) is 33.1. The number of nitrogens with one attached hydrogen (secondary N) is 2. The van der Waals surface area contributed by atoms with Gasteiger partial charge in [-0.15, -0.1) is 0 Å². The van der Waals surface area contributed by atoms with Crippen LogP contribution in [0.2, 0.25) is 0 Å². The fraction of sp³-hybridized carbons (Fsp3) is 0.361. The number of benzene rings is 3. The van der Waals surface area contributed by atoms with E-state index >= 15 is 4.39 Å². The topological polar surface area (TPSA) is 111 Å². The van der Waals surface area contributed by atoms with Gasteiger partial charge in [-0.3, -0.25) is 19.5 Å². The van der Waals surface area contributed by atoms with Crippen molar-refractivity contribution in [3.63, 3.8) is 0 Å². The quantitative estimate of drug-likeness (QED) is 0.147. The van der Waals surface area contributed by atoms with Crippen LogP contribution in [0.5, 0.6) is 23.0 Å². The minimum atomic E-state index is -0.662. The van der Waals surface area contributed by atoms with Crippen molar-refractivity contribution in [2.75, 3.05) is 57.2 Å². The fourth-order valence-electron chi connectivity index (χ4n) is 5.78. The Hall–Kier alpha value is -4.81. The number of pyridine rings is 1. The van der Waals surface area contributed by atoms with Crippen molar-refractivity contribution in [2.24, 2.45) is 5.41 Å². The van der Waals surface area contributed by atoms with E-state index < -0.39 is 17.0 Å². The van der Waals surface area contributed by atoms with E-state index in [0.29, 0.717) is 40.4 Å². The molecule has 0 bridgehead atoms. The number of fused-ring (bicyclic) bond motifs is 1. The lowest BCUT2D eigenvalue weighted by Gasteiger charge is -2.26. The summed E-state index contributed by atoms with van der Waals surface area (Å²) < 4.78 is 51.4. The van der Waals surface area contributed by atoms with Crippen molar-refractivity contribution in [1.82, 2.24) is 9.88 Å². The molecule has 2 heterocycles. The number of amides is 2. The average Bonchev–Trinajstić information content (AvgIpc) is 3.83. The van der Waals surface area contributed by atoms with Gasteiger partial charge in [0, 0.05) is 67.6 Å². The van der Waals surface area contributed by atoms with Gasteiger partial charge in [0.2, 0.25) is 11.8 Å². The molecule has 10 nitrogen and oxygen atoms in total.